The van der Waals surface area contributed by atoms with Gasteiger partial charge in [-0.15, -0.1) is 0 Å². The van der Waals surface area contributed by atoms with Crippen molar-refractivity contribution < 1.29 is 19.0 Å². The highest BCUT2D eigenvalue weighted by Crippen LogP contribution is 2.32. The van der Waals surface area contributed by atoms with Crippen LogP contribution in [0, 0.1) is 0 Å². The lowest BCUT2D eigenvalue weighted by Crippen LogP contribution is -2.19. The summed E-state index contributed by atoms with van der Waals surface area (Å²) in [5.74, 6) is 0.849. The van der Waals surface area contributed by atoms with E-state index >= 15 is 0 Å². The number of benzene rings is 2. The van der Waals surface area contributed by atoms with Gasteiger partial charge in [0.15, 0.2) is 16.3 Å². The van der Waals surface area contributed by atoms with Gasteiger partial charge in [-0.1, -0.05) is 22.9 Å². The van der Waals surface area contributed by atoms with Crippen molar-refractivity contribution in [1.29, 1.82) is 0 Å². The zero-order chi connectivity index (χ0) is 18.1. The molecule has 3 aromatic rings. The summed E-state index contributed by atoms with van der Waals surface area (Å²) in [5.41, 5.74) is 1.41. The Morgan fingerprint density at radius 3 is 2.96 bits per heavy atom. The van der Waals surface area contributed by atoms with Crippen molar-refractivity contribution in [3.05, 3.63) is 51.8 Å². The Morgan fingerprint density at radius 1 is 1.27 bits per heavy atom. The molecule has 0 bridgehead atoms. The molecule has 2 aromatic carbocycles. The monoisotopic (exact) mass is 390 g/mol. The molecule has 0 atom stereocenters. The Labute approximate surface area is 158 Å². The van der Waals surface area contributed by atoms with Crippen LogP contribution in [-0.4, -0.2) is 31.0 Å². The summed E-state index contributed by atoms with van der Waals surface area (Å²) in [5, 5.41) is 0.645. The largest absolute Gasteiger partial charge is 0.454 e. The zero-order valence-electron chi connectivity index (χ0n) is 13.9. The first-order valence-electron chi connectivity index (χ1n) is 7.92. The van der Waals surface area contributed by atoms with Crippen LogP contribution in [-0.2, 0) is 11.3 Å². The van der Waals surface area contributed by atoms with Crippen molar-refractivity contribution in [1.82, 2.24) is 4.57 Å². The number of halogens is 1. The number of thiazole rings is 1. The number of nitrogens with zero attached hydrogens (tertiary/aromatic N) is 2. The highest BCUT2D eigenvalue weighted by atomic mass is 35.5. The smallest absolute Gasteiger partial charge is 0.279 e. The molecule has 0 aliphatic carbocycles. The lowest BCUT2D eigenvalue weighted by atomic mass is 10.2. The number of rotatable bonds is 4. The molecule has 6 nitrogen and oxygen atoms in total. The third kappa shape index (κ3) is 3.21. The Balaban J connectivity index is 1.77. The first-order valence-corrected chi connectivity index (χ1v) is 9.12. The second-order valence-electron chi connectivity index (χ2n) is 5.63. The van der Waals surface area contributed by atoms with E-state index in [1.165, 1.54) is 11.3 Å². The van der Waals surface area contributed by atoms with Crippen molar-refractivity contribution in [2.24, 2.45) is 4.99 Å². The van der Waals surface area contributed by atoms with Crippen molar-refractivity contribution >= 4 is 39.1 Å². The van der Waals surface area contributed by atoms with Gasteiger partial charge in [0.05, 0.1) is 16.8 Å². The van der Waals surface area contributed by atoms with E-state index in [2.05, 4.69) is 4.99 Å². The van der Waals surface area contributed by atoms with Gasteiger partial charge in [0.25, 0.3) is 5.91 Å². The number of aromatic nitrogens is 1. The number of carbonyl (C=O) groups excluding carboxylic acids is 1. The fraction of sp³-hybridized carbons (Fsp3) is 0.222. The standard InChI is InChI=1S/C18H15ClN2O4S/c1-23-7-6-21-13-4-3-12(19)9-16(13)26-18(21)20-17(22)11-2-5-14-15(8-11)25-10-24-14/h2-5,8-9H,6-7,10H2,1H3. The van der Waals surface area contributed by atoms with E-state index in [4.69, 9.17) is 25.8 Å². The maximum Gasteiger partial charge on any atom is 0.279 e. The minimum atomic E-state index is -0.341. The summed E-state index contributed by atoms with van der Waals surface area (Å²) in [7, 11) is 1.64. The molecule has 0 unspecified atom stereocenters. The highest BCUT2D eigenvalue weighted by Gasteiger charge is 2.16. The van der Waals surface area contributed by atoms with Crippen LogP contribution >= 0.6 is 22.9 Å². The van der Waals surface area contributed by atoms with Crippen LogP contribution in [0.25, 0.3) is 10.2 Å². The number of fused-ring (bicyclic) bond motifs is 2. The number of methoxy groups -OCH3 is 1. The third-order valence-electron chi connectivity index (χ3n) is 3.98. The van der Waals surface area contributed by atoms with Gasteiger partial charge in [-0.05, 0) is 36.4 Å². The molecule has 0 fully saturated rings. The van der Waals surface area contributed by atoms with Gasteiger partial charge in [0, 0.05) is 24.2 Å². The fourth-order valence-electron chi connectivity index (χ4n) is 2.71. The Bertz CT molecular complexity index is 1060. The quantitative estimate of drug-likeness (QED) is 0.684. The lowest BCUT2D eigenvalue weighted by Gasteiger charge is -2.04. The molecular weight excluding hydrogens is 376 g/mol. The molecule has 0 N–H and O–H groups in total. The van der Waals surface area contributed by atoms with E-state index < -0.39 is 0 Å². The maximum atomic E-state index is 12.7. The van der Waals surface area contributed by atoms with Crippen molar-refractivity contribution in [2.75, 3.05) is 20.5 Å². The second kappa shape index (κ2) is 7.11. The van der Waals surface area contributed by atoms with Crippen LogP contribution in [0.2, 0.25) is 5.02 Å². The predicted molar refractivity (Wildman–Crippen MR) is 99.2 cm³/mol. The number of hydrogen-bond donors (Lipinski definition) is 0. The molecule has 1 aliphatic heterocycles. The topological polar surface area (TPSA) is 62.1 Å². The molecule has 2 heterocycles. The number of hydrogen-bond acceptors (Lipinski definition) is 5. The average Bonchev–Trinajstić information content (AvgIpc) is 3.23. The van der Waals surface area contributed by atoms with Gasteiger partial charge in [0.1, 0.15) is 0 Å². The van der Waals surface area contributed by atoms with Crippen LogP contribution in [0.5, 0.6) is 11.5 Å². The molecule has 0 saturated carbocycles. The maximum absolute atomic E-state index is 12.7. The van der Waals surface area contributed by atoms with Crippen LogP contribution < -0.4 is 14.3 Å². The lowest BCUT2D eigenvalue weighted by molar-refractivity contribution is 0.0997. The van der Waals surface area contributed by atoms with Crippen molar-refractivity contribution in [3.8, 4) is 11.5 Å². The molecule has 4 rings (SSSR count). The summed E-state index contributed by atoms with van der Waals surface area (Å²) in [6, 6.07) is 10.7. The first kappa shape index (κ1) is 17.1. The minimum Gasteiger partial charge on any atom is -0.454 e. The van der Waals surface area contributed by atoms with Crippen LogP contribution in [0.15, 0.2) is 41.4 Å². The van der Waals surface area contributed by atoms with E-state index in [1.54, 1.807) is 25.3 Å². The molecule has 0 saturated heterocycles. The van der Waals surface area contributed by atoms with Crippen LogP contribution in [0.4, 0.5) is 0 Å². The minimum absolute atomic E-state index is 0.165. The molecule has 26 heavy (non-hydrogen) atoms. The fourth-order valence-corrected chi connectivity index (χ4v) is 4.04. The van der Waals surface area contributed by atoms with Gasteiger partial charge in [-0.2, -0.15) is 4.99 Å². The van der Waals surface area contributed by atoms with Crippen molar-refractivity contribution in [2.45, 2.75) is 6.54 Å². The van der Waals surface area contributed by atoms with Gasteiger partial charge >= 0.3 is 0 Å². The van der Waals surface area contributed by atoms with Gasteiger partial charge in [-0.3, -0.25) is 4.79 Å². The molecule has 0 spiro atoms. The first-order chi connectivity index (χ1) is 12.7. The summed E-state index contributed by atoms with van der Waals surface area (Å²) in [6.07, 6.45) is 0. The summed E-state index contributed by atoms with van der Waals surface area (Å²) in [4.78, 5) is 17.6. The van der Waals surface area contributed by atoms with E-state index in [-0.39, 0.29) is 12.7 Å². The molecular formula is C18H15ClN2O4S. The van der Waals surface area contributed by atoms with Gasteiger partial charge in [-0.25, -0.2) is 0 Å². The van der Waals surface area contributed by atoms with E-state index in [0.717, 1.165) is 10.2 Å². The van der Waals surface area contributed by atoms with Gasteiger partial charge in [0.2, 0.25) is 6.79 Å². The Morgan fingerprint density at radius 2 is 2.12 bits per heavy atom. The summed E-state index contributed by atoms with van der Waals surface area (Å²) in [6.45, 7) is 1.27. The molecule has 1 aliphatic rings. The third-order valence-corrected chi connectivity index (χ3v) is 5.26. The zero-order valence-corrected chi connectivity index (χ0v) is 15.5. The second-order valence-corrected chi connectivity index (χ2v) is 7.07. The van der Waals surface area contributed by atoms with E-state index in [9.17, 15) is 4.79 Å². The average molecular weight is 391 g/mol. The van der Waals surface area contributed by atoms with Gasteiger partial charge < -0.3 is 18.8 Å². The normalized spacial score (nSPS) is 13.5. The molecule has 1 aromatic heterocycles. The van der Waals surface area contributed by atoms with E-state index in [0.29, 0.717) is 40.0 Å². The van der Waals surface area contributed by atoms with E-state index in [1.807, 2.05) is 22.8 Å². The molecule has 8 heteroatoms. The molecule has 1 amide bonds. The highest BCUT2D eigenvalue weighted by molar-refractivity contribution is 7.16. The SMILES string of the molecule is COCCn1c(=NC(=O)c2ccc3c(c2)OCO3)sc2cc(Cl)ccc21. The number of carbonyl (C=O) groups is 1. The van der Waals surface area contributed by atoms with Crippen molar-refractivity contribution in [3.63, 3.8) is 0 Å². The Hall–Kier alpha value is -2.35. The van der Waals surface area contributed by atoms with Crippen LogP contribution in [0.3, 0.4) is 0 Å². The van der Waals surface area contributed by atoms with Crippen LogP contribution in [0.1, 0.15) is 10.4 Å². The number of ether oxygens (including phenoxy) is 3. The Kier molecular flexibility index (Phi) is 4.67. The summed E-state index contributed by atoms with van der Waals surface area (Å²) < 4.78 is 18.7. The molecule has 0 radical (unpaired) electrons. The summed E-state index contributed by atoms with van der Waals surface area (Å²) >= 11 is 7.51. The number of amides is 1. The molecule has 134 valence electrons. The predicted octanol–water partition coefficient (Wildman–Crippen LogP) is 3.47.